The van der Waals surface area contributed by atoms with Crippen LogP contribution in [0, 0.1) is 0 Å². The van der Waals surface area contributed by atoms with E-state index in [1.165, 1.54) is 6.20 Å². The number of hydrogen-bond donors (Lipinski definition) is 1. The minimum atomic E-state index is -1.12. The van der Waals surface area contributed by atoms with Crippen LogP contribution in [0.1, 0.15) is 30.4 Å². The Morgan fingerprint density at radius 3 is 2.48 bits per heavy atom. The number of carbonyl (C=O) groups excluding carboxylic acids is 1. The highest BCUT2D eigenvalue weighted by molar-refractivity contribution is 6.31. The predicted molar refractivity (Wildman–Crippen MR) is 96.7 cm³/mol. The number of aliphatic hydroxyl groups is 1. The minimum absolute atomic E-state index is 0.0796. The fraction of sp³-hybridized carbons (Fsp3) is 0.368. The molecule has 0 bridgehead atoms. The van der Waals surface area contributed by atoms with Crippen molar-refractivity contribution >= 4 is 29.1 Å². The van der Waals surface area contributed by atoms with Gasteiger partial charge in [0.2, 0.25) is 5.91 Å². The molecule has 1 N–H and O–H groups in total. The molecule has 1 atom stereocenters. The molecule has 4 nitrogen and oxygen atoms in total. The Morgan fingerprint density at radius 1 is 1.12 bits per heavy atom. The molecule has 1 aromatic carbocycles. The lowest BCUT2D eigenvalue weighted by Crippen LogP contribution is -2.40. The van der Waals surface area contributed by atoms with Crippen LogP contribution in [0.15, 0.2) is 42.7 Å². The standard InChI is InChI=1S/C19H18Cl2N2O2/c20-14-3-1-13(2-4-14)18(6-7-18)17(24)23-10-8-19(25,12-23)15-5-9-22-11-16(15)21/h1-5,9,11,25H,6-8,10,12H2. The fourth-order valence-corrected chi connectivity index (χ4v) is 4.18. The molecular weight excluding hydrogens is 359 g/mol. The highest BCUT2D eigenvalue weighted by Crippen LogP contribution is 2.51. The molecule has 25 heavy (non-hydrogen) atoms. The topological polar surface area (TPSA) is 53.4 Å². The van der Waals surface area contributed by atoms with Gasteiger partial charge in [-0.25, -0.2) is 0 Å². The molecule has 2 aromatic rings. The van der Waals surface area contributed by atoms with Crippen molar-refractivity contribution in [2.24, 2.45) is 0 Å². The van der Waals surface area contributed by atoms with Crippen molar-refractivity contribution in [1.82, 2.24) is 9.88 Å². The van der Waals surface area contributed by atoms with E-state index in [-0.39, 0.29) is 12.5 Å². The zero-order valence-corrected chi connectivity index (χ0v) is 15.1. The summed E-state index contributed by atoms with van der Waals surface area (Å²) in [4.78, 5) is 18.9. The summed E-state index contributed by atoms with van der Waals surface area (Å²) in [6.45, 7) is 0.772. The quantitative estimate of drug-likeness (QED) is 0.890. The molecule has 1 saturated heterocycles. The Hall–Kier alpha value is -1.62. The zero-order chi connectivity index (χ0) is 17.7. The molecule has 1 unspecified atom stereocenters. The van der Waals surface area contributed by atoms with Gasteiger partial charge in [-0.2, -0.15) is 0 Å². The van der Waals surface area contributed by atoms with Gasteiger partial charge < -0.3 is 10.0 Å². The summed E-state index contributed by atoms with van der Waals surface area (Å²) in [5, 5.41) is 12.1. The van der Waals surface area contributed by atoms with Crippen LogP contribution < -0.4 is 0 Å². The lowest BCUT2D eigenvalue weighted by molar-refractivity contribution is -0.134. The molecule has 1 aliphatic heterocycles. The maximum Gasteiger partial charge on any atom is 0.233 e. The summed E-state index contributed by atoms with van der Waals surface area (Å²) in [5.74, 6) is 0.0796. The van der Waals surface area contributed by atoms with E-state index >= 15 is 0 Å². The highest BCUT2D eigenvalue weighted by atomic mass is 35.5. The second kappa shape index (κ2) is 5.97. The first-order chi connectivity index (χ1) is 11.9. The van der Waals surface area contributed by atoms with E-state index in [9.17, 15) is 9.90 Å². The van der Waals surface area contributed by atoms with E-state index in [4.69, 9.17) is 23.2 Å². The summed E-state index contributed by atoms with van der Waals surface area (Å²) in [5.41, 5.74) is 0.0546. The highest BCUT2D eigenvalue weighted by Gasteiger charge is 2.55. The third-order valence-corrected chi connectivity index (χ3v) is 5.92. The van der Waals surface area contributed by atoms with Crippen LogP contribution in [0.5, 0.6) is 0 Å². The van der Waals surface area contributed by atoms with Gasteiger partial charge in [-0.15, -0.1) is 0 Å². The average Bonchev–Trinajstić information content (AvgIpc) is 3.32. The SMILES string of the molecule is O=C(N1CCC(O)(c2ccncc2Cl)C1)C1(c2ccc(Cl)cc2)CC1. The van der Waals surface area contributed by atoms with Crippen molar-refractivity contribution in [2.75, 3.05) is 13.1 Å². The number of likely N-dealkylation sites (tertiary alicyclic amines) is 1. The summed E-state index contributed by atoms with van der Waals surface area (Å²) in [6.07, 6.45) is 5.27. The van der Waals surface area contributed by atoms with Gasteiger partial charge in [0.15, 0.2) is 0 Å². The lowest BCUT2D eigenvalue weighted by atomic mass is 9.93. The molecular formula is C19H18Cl2N2O2. The normalized spacial score (nSPS) is 24.4. The van der Waals surface area contributed by atoms with Crippen LogP contribution >= 0.6 is 23.2 Å². The third kappa shape index (κ3) is 2.82. The molecule has 0 radical (unpaired) electrons. The predicted octanol–water partition coefficient (Wildman–Crippen LogP) is 3.54. The van der Waals surface area contributed by atoms with Gasteiger partial charge in [0.25, 0.3) is 0 Å². The average molecular weight is 377 g/mol. The molecule has 130 valence electrons. The van der Waals surface area contributed by atoms with E-state index in [2.05, 4.69) is 4.98 Å². The number of halogens is 2. The number of rotatable bonds is 3. The molecule has 0 spiro atoms. The summed E-state index contributed by atoms with van der Waals surface area (Å²) in [6, 6.07) is 9.22. The second-order valence-electron chi connectivity index (χ2n) is 6.95. The Bertz CT molecular complexity index is 820. The maximum atomic E-state index is 13.2. The van der Waals surface area contributed by atoms with Crippen LogP contribution in [0.3, 0.4) is 0 Å². The Morgan fingerprint density at radius 2 is 1.84 bits per heavy atom. The smallest absolute Gasteiger partial charge is 0.233 e. The molecule has 2 fully saturated rings. The molecule has 1 aromatic heterocycles. The molecule has 2 heterocycles. The van der Waals surface area contributed by atoms with Crippen molar-refractivity contribution in [1.29, 1.82) is 0 Å². The van der Waals surface area contributed by atoms with E-state index in [0.717, 1.165) is 18.4 Å². The van der Waals surface area contributed by atoms with Crippen LogP contribution in [0.2, 0.25) is 10.0 Å². The molecule has 1 saturated carbocycles. The largest absolute Gasteiger partial charge is 0.383 e. The number of pyridine rings is 1. The zero-order valence-electron chi connectivity index (χ0n) is 13.6. The first-order valence-electron chi connectivity index (χ1n) is 8.32. The van der Waals surface area contributed by atoms with Gasteiger partial charge in [-0.3, -0.25) is 9.78 Å². The Balaban J connectivity index is 1.57. The summed E-state index contributed by atoms with van der Waals surface area (Å²) in [7, 11) is 0. The first-order valence-corrected chi connectivity index (χ1v) is 9.08. The van der Waals surface area contributed by atoms with E-state index in [1.807, 2.05) is 24.3 Å². The van der Waals surface area contributed by atoms with Crippen molar-refractivity contribution < 1.29 is 9.90 Å². The number of amides is 1. The van der Waals surface area contributed by atoms with Gasteiger partial charge in [0.1, 0.15) is 5.60 Å². The number of aromatic nitrogens is 1. The fourth-order valence-electron chi connectivity index (χ4n) is 3.76. The van der Waals surface area contributed by atoms with Gasteiger partial charge >= 0.3 is 0 Å². The van der Waals surface area contributed by atoms with E-state index in [0.29, 0.717) is 28.6 Å². The number of carbonyl (C=O) groups is 1. The molecule has 1 amide bonds. The number of nitrogens with zero attached hydrogens (tertiary/aromatic N) is 2. The van der Waals surface area contributed by atoms with E-state index in [1.54, 1.807) is 17.2 Å². The Labute approximate surface area is 156 Å². The monoisotopic (exact) mass is 376 g/mol. The Kier molecular flexibility index (Phi) is 4.02. The first kappa shape index (κ1) is 16.8. The van der Waals surface area contributed by atoms with Crippen molar-refractivity contribution in [3.05, 3.63) is 63.9 Å². The number of hydrogen-bond acceptors (Lipinski definition) is 3. The van der Waals surface area contributed by atoms with Crippen LogP contribution in [-0.2, 0) is 15.8 Å². The van der Waals surface area contributed by atoms with Crippen molar-refractivity contribution in [3.63, 3.8) is 0 Å². The van der Waals surface area contributed by atoms with Crippen LogP contribution in [0.25, 0.3) is 0 Å². The molecule has 2 aliphatic rings. The van der Waals surface area contributed by atoms with Crippen molar-refractivity contribution in [3.8, 4) is 0 Å². The lowest BCUT2D eigenvalue weighted by Gasteiger charge is -2.27. The number of benzene rings is 1. The van der Waals surface area contributed by atoms with Gasteiger partial charge in [0, 0.05) is 29.5 Å². The molecule has 4 rings (SSSR count). The van der Waals surface area contributed by atoms with E-state index < -0.39 is 11.0 Å². The molecule has 1 aliphatic carbocycles. The van der Waals surface area contributed by atoms with Gasteiger partial charge in [0.05, 0.1) is 17.0 Å². The van der Waals surface area contributed by atoms with Crippen LogP contribution in [-0.4, -0.2) is 34.0 Å². The summed E-state index contributed by atoms with van der Waals surface area (Å²) < 4.78 is 0. The van der Waals surface area contributed by atoms with Crippen molar-refractivity contribution in [2.45, 2.75) is 30.3 Å². The second-order valence-corrected chi connectivity index (χ2v) is 7.80. The van der Waals surface area contributed by atoms with Crippen LogP contribution in [0.4, 0.5) is 0 Å². The summed E-state index contributed by atoms with van der Waals surface area (Å²) >= 11 is 12.2. The maximum absolute atomic E-state index is 13.2. The molecule has 6 heteroatoms. The number of β-amino-alcohol motifs (C(OH)–C–C–N with tert-alkyl or cyclic N) is 1. The van der Waals surface area contributed by atoms with Gasteiger partial charge in [-0.05, 0) is 43.0 Å². The van der Waals surface area contributed by atoms with Gasteiger partial charge in [-0.1, -0.05) is 35.3 Å². The third-order valence-electron chi connectivity index (χ3n) is 5.36. The minimum Gasteiger partial charge on any atom is -0.383 e.